The summed E-state index contributed by atoms with van der Waals surface area (Å²) in [4.78, 5) is 17.0. The van der Waals surface area contributed by atoms with Gasteiger partial charge in [-0.25, -0.2) is 8.42 Å². The van der Waals surface area contributed by atoms with E-state index in [0.29, 0.717) is 26.2 Å². The number of hydrogen-bond donors (Lipinski definition) is 0. The zero-order valence-electron chi connectivity index (χ0n) is 19.5. The lowest BCUT2D eigenvalue weighted by atomic mass is 10.1. The van der Waals surface area contributed by atoms with Crippen LogP contribution in [0.3, 0.4) is 0 Å². The lowest BCUT2D eigenvalue weighted by Crippen LogP contribution is -2.52. The molecule has 0 atom stereocenters. The highest BCUT2D eigenvalue weighted by molar-refractivity contribution is 7.89. The molecule has 4 rings (SSSR count). The van der Waals surface area contributed by atoms with E-state index in [0.717, 1.165) is 11.1 Å². The number of benzene rings is 3. The molecule has 1 aliphatic rings. The van der Waals surface area contributed by atoms with Crippen LogP contribution in [0.15, 0.2) is 89.8 Å². The average Bonchev–Trinajstić information content (AvgIpc) is 2.90. The molecule has 1 heterocycles. The second-order valence-electron chi connectivity index (χ2n) is 8.51. The number of nitriles is 1. The molecule has 0 saturated carbocycles. The summed E-state index contributed by atoms with van der Waals surface area (Å²) in [5.41, 5.74) is 2.38. The Hall–Kier alpha value is -3.51. The molecular weight excluding hydrogens is 460 g/mol. The quantitative estimate of drug-likeness (QED) is 0.487. The first-order valence-electron chi connectivity index (χ1n) is 11.5. The van der Waals surface area contributed by atoms with Gasteiger partial charge in [0.1, 0.15) is 6.07 Å². The zero-order chi connectivity index (χ0) is 24.7. The first-order valence-corrected chi connectivity index (χ1v) is 13.0. The van der Waals surface area contributed by atoms with Crippen molar-refractivity contribution in [2.45, 2.75) is 18.0 Å². The Morgan fingerprint density at radius 1 is 0.800 bits per heavy atom. The van der Waals surface area contributed by atoms with E-state index in [4.69, 9.17) is 0 Å². The minimum absolute atomic E-state index is 0.0131. The maximum absolute atomic E-state index is 13.2. The molecule has 1 aliphatic heterocycles. The van der Waals surface area contributed by atoms with Crippen molar-refractivity contribution >= 4 is 15.9 Å². The van der Waals surface area contributed by atoms with E-state index in [9.17, 15) is 18.5 Å². The average molecular weight is 489 g/mol. The Bertz CT molecular complexity index is 1240. The highest BCUT2D eigenvalue weighted by Gasteiger charge is 2.32. The number of hydrogen-bond acceptors (Lipinski definition) is 5. The molecule has 1 amide bonds. The third kappa shape index (κ3) is 6.14. The molecule has 3 aromatic rings. The van der Waals surface area contributed by atoms with Gasteiger partial charge in [-0.3, -0.25) is 9.69 Å². The minimum Gasteiger partial charge on any atom is -0.339 e. The van der Waals surface area contributed by atoms with E-state index in [1.807, 2.05) is 66.7 Å². The summed E-state index contributed by atoms with van der Waals surface area (Å²) in [5.74, 6) is -0.0219. The van der Waals surface area contributed by atoms with Gasteiger partial charge in [0.2, 0.25) is 15.9 Å². The van der Waals surface area contributed by atoms with Gasteiger partial charge >= 0.3 is 0 Å². The van der Waals surface area contributed by atoms with Crippen molar-refractivity contribution < 1.29 is 13.2 Å². The minimum atomic E-state index is -3.80. The number of amides is 1. The van der Waals surface area contributed by atoms with E-state index >= 15 is 0 Å². The summed E-state index contributed by atoms with van der Waals surface area (Å²) < 4.78 is 27.5. The van der Waals surface area contributed by atoms with Gasteiger partial charge in [-0.1, -0.05) is 72.8 Å². The standard InChI is InChI=1S/C27H28N4O3S/c28-19-25-13-7-8-14-26(25)35(33,34)31-17-15-30(16-18-31)27(32)22-29(20-23-9-3-1-4-10-23)21-24-11-5-2-6-12-24/h1-14H,15-18,20-22H2. The molecule has 0 N–H and O–H groups in total. The van der Waals surface area contributed by atoms with Gasteiger partial charge < -0.3 is 4.90 Å². The molecule has 1 fully saturated rings. The third-order valence-electron chi connectivity index (χ3n) is 6.07. The molecule has 0 aromatic heterocycles. The van der Waals surface area contributed by atoms with Gasteiger partial charge in [0.05, 0.1) is 17.0 Å². The predicted molar refractivity (Wildman–Crippen MR) is 133 cm³/mol. The predicted octanol–water partition coefficient (Wildman–Crippen LogP) is 3.09. The van der Waals surface area contributed by atoms with E-state index in [2.05, 4.69) is 4.90 Å². The Morgan fingerprint density at radius 2 is 1.31 bits per heavy atom. The van der Waals surface area contributed by atoms with Crippen LogP contribution in [0, 0.1) is 11.3 Å². The monoisotopic (exact) mass is 488 g/mol. The lowest BCUT2D eigenvalue weighted by molar-refractivity contribution is -0.133. The third-order valence-corrected chi connectivity index (χ3v) is 8.03. The van der Waals surface area contributed by atoms with Crippen molar-refractivity contribution in [2.24, 2.45) is 0 Å². The normalized spacial score (nSPS) is 14.6. The van der Waals surface area contributed by atoms with Crippen LogP contribution >= 0.6 is 0 Å². The SMILES string of the molecule is N#Cc1ccccc1S(=O)(=O)N1CCN(C(=O)CN(Cc2ccccc2)Cc2ccccc2)CC1. The molecule has 180 valence electrons. The number of sulfonamides is 1. The maximum Gasteiger partial charge on any atom is 0.244 e. The summed E-state index contributed by atoms with van der Waals surface area (Å²) >= 11 is 0. The molecule has 0 aliphatic carbocycles. The Balaban J connectivity index is 1.41. The van der Waals surface area contributed by atoms with Crippen molar-refractivity contribution in [3.63, 3.8) is 0 Å². The van der Waals surface area contributed by atoms with E-state index in [1.54, 1.807) is 17.0 Å². The first kappa shape index (κ1) is 24.6. The highest BCUT2D eigenvalue weighted by Crippen LogP contribution is 2.21. The van der Waals surface area contributed by atoms with E-state index < -0.39 is 10.0 Å². The van der Waals surface area contributed by atoms with Gasteiger partial charge in [0.25, 0.3) is 0 Å². The molecular formula is C27H28N4O3S. The molecule has 0 unspecified atom stereocenters. The van der Waals surface area contributed by atoms with Gasteiger partial charge in [-0.05, 0) is 23.3 Å². The second-order valence-corrected chi connectivity index (χ2v) is 10.4. The topological polar surface area (TPSA) is 84.7 Å². The lowest BCUT2D eigenvalue weighted by Gasteiger charge is -2.35. The van der Waals surface area contributed by atoms with Crippen molar-refractivity contribution in [1.29, 1.82) is 5.26 Å². The van der Waals surface area contributed by atoms with Crippen LogP contribution in [-0.4, -0.2) is 61.2 Å². The smallest absolute Gasteiger partial charge is 0.244 e. The Labute approximate surface area is 206 Å². The fraction of sp³-hybridized carbons (Fsp3) is 0.259. The van der Waals surface area contributed by atoms with Crippen LogP contribution in [0.25, 0.3) is 0 Å². The number of rotatable bonds is 8. The van der Waals surface area contributed by atoms with Crippen LogP contribution in [0.1, 0.15) is 16.7 Å². The fourth-order valence-corrected chi connectivity index (χ4v) is 5.81. The van der Waals surface area contributed by atoms with Crippen molar-refractivity contribution in [2.75, 3.05) is 32.7 Å². The molecule has 8 heteroatoms. The summed E-state index contributed by atoms with van der Waals surface area (Å²) in [6, 6.07) is 28.2. The van der Waals surface area contributed by atoms with Crippen molar-refractivity contribution in [3.05, 3.63) is 102 Å². The molecule has 0 bridgehead atoms. The second kappa shape index (κ2) is 11.3. The van der Waals surface area contributed by atoms with Gasteiger partial charge in [-0.2, -0.15) is 9.57 Å². The number of carbonyl (C=O) groups is 1. The molecule has 0 radical (unpaired) electrons. The Kier molecular flexibility index (Phi) is 7.93. The van der Waals surface area contributed by atoms with Gasteiger partial charge in [0.15, 0.2) is 0 Å². The number of piperazine rings is 1. The van der Waals surface area contributed by atoms with Crippen LogP contribution in [-0.2, 0) is 27.9 Å². The molecule has 0 spiro atoms. The zero-order valence-corrected chi connectivity index (χ0v) is 20.3. The summed E-state index contributed by atoms with van der Waals surface area (Å²) in [7, 11) is -3.80. The first-order chi connectivity index (χ1) is 17.0. The molecule has 1 saturated heterocycles. The van der Waals surface area contributed by atoms with Crippen molar-refractivity contribution in [3.8, 4) is 6.07 Å². The fourth-order valence-electron chi connectivity index (χ4n) is 4.24. The van der Waals surface area contributed by atoms with Crippen molar-refractivity contribution in [1.82, 2.24) is 14.1 Å². The maximum atomic E-state index is 13.2. The summed E-state index contributed by atoms with van der Waals surface area (Å²) in [5, 5.41) is 9.30. The van der Waals surface area contributed by atoms with E-state index in [1.165, 1.54) is 16.4 Å². The summed E-state index contributed by atoms with van der Waals surface area (Å²) in [6.45, 7) is 2.56. The highest BCUT2D eigenvalue weighted by atomic mass is 32.2. The van der Waals surface area contributed by atoms with Crippen LogP contribution in [0.5, 0.6) is 0 Å². The Morgan fingerprint density at radius 3 is 1.86 bits per heavy atom. The van der Waals surface area contributed by atoms with E-state index in [-0.39, 0.29) is 36.0 Å². The van der Waals surface area contributed by atoms with Gasteiger partial charge in [0, 0.05) is 39.3 Å². The number of carbonyl (C=O) groups excluding carboxylic acids is 1. The van der Waals surface area contributed by atoms with Gasteiger partial charge in [-0.15, -0.1) is 0 Å². The molecule has 35 heavy (non-hydrogen) atoms. The molecule has 3 aromatic carbocycles. The summed E-state index contributed by atoms with van der Waals surface area (Å²) in [6.07, 6.45) is 0. The van der Waals surface area contributed by atoms with Crippen LogP contribution < -0.4 is 0 Å². The van der Waals surface area contributed by atoms with Crippen LogP contribution in [0.4, 0.5) is 0 Å². The van der Waals surface area contributed by atoms with Crippen LogP contribution in [0.2, 0.25) is 0 Å². The number of nitrogens with zero attached hydrogens (tertiary/aromatic N) is 4. The largest absolute Gasteiger partial charge is 0.339 e. The molecule has 7 nitrogen and oxygen atoms in total.